The SMILES string of the molecule is C=c1c(O)ccc/c1=C/C=C(/C)N. The molecule has 0 unspecified atom stereocenters. The fraction of sp³-hybridized carbons (Fsp3) is 0.0909. The van der Waals surface area contributed by atoms with E-state index in [1.807, 2.05) is 19.1 Å². The fourth-order valence-corrected chi connectivity index (χ4v) is 0.969. The maximum atomic E-state index is 9.33. The minimum Gasteiger partial charge on any atom is -0.507 e. The van der Waals surface area contributed by atoms with Crippen LogP contribution in [0.4, 0.5) is 0 Å². The fourth-order valence-electron chi connectivity index (χ4n) is 0.969. The van der Waals surface area contributed by atoms with E-state index >= 15 is 0 Å². The van der Waals surface area contributed by atoms with Gasteiger partial charge < -0.3 is 10.8 Å². The van der Waals surface area contributed by atoms with E-state index in [-0.39, 0.29) is 5.75 Å². The molecule has 0 aliphatic heterocycles. The van der Waals surface area contributed by atoms with Crippen molar-refractivity contribution in [2.75, 3.05) is 0 Å². The van der Waals surface area contributed by atoms with Crippen LogP contribution in [0.3, 0.4) is 0 Å². The van der Waals surface area contributed by atoms with Gasteiger partial charge in [0, 0.05) is 10.9 Å². The molecule has 1 aromatic carbocycles. The topological polar surface area (TPSA) is 46.2 Å². The Balaban J connectivity index is 3.32. The normalized spacial score (nSPS) is 13.3. The minimum atomic E-state index is 0.205. The van der Waals surface area contributed by atoms with E-state index < -0.39 is 0 Å². The first-order valence-electron chi connectivity index (χ1n) is 4.02. The Bertz CT molecular complexity index is 428. The summed E-state index contributed by atoms with van der Waals surface area (Å²) >= 11 is 0. The molecule has 0 saturated heterocycles. The molecule has 0 radical (unpaired) electrons. The van der Waals surface area contributed by atoms with Crippen molar-refractivity contribution in [3.63, 3.8) is 0 Å². The molecule has 0 spiro atoms. The van der Waals surface area contributed by atoms with Gasteiger partial charge in [0.2, 0.25) is 0 Å². The van der Waals surface area contributed by atoms with Crippen LogP contribution in [0.2, 0.25) is 0 Å². The van der Waals surface area contributed by atoms with Crippen molar-refractivity contribution >= 4 is 12.7 Å². The molecule has 0 aliphatic carbocycles. The average Bonchev–Trinajstić information content (AvgIpc) is 2.07. The Labute approximate surface area is 77.3 Å². The Morgan fingerprint density at radius 3 is 2.85 bits per heavy atom. The number of nitrogens with two attached hydrogens (primary N) is 1. The van der Waals surface area contributed by atoms with Gasteiger partial charge in [-0.05, 0) is 24.3 Å². The Morgan fingerprint density at radius 2 is 2.23 bits per heavy atom. The van der Waals surface area contributed by atoms with Gasteiger partial charge in [-0.15, -0.1) is 0 Å². The Morgan fingerprint density at radius 1 is 1.54 bits per heavy atom. The van der Waals surface area contributed by atoms with Crippen molar-refractivity contribution in [3.8, 4) is 5.75 Å². The second kappa shape index (κ2) is 3.81. The van der Waals surface area contributed by atoms with Gasteiger partial charge in [-0.25, -0.2) is 0 Å². The monoisotopic (exact) mass is 175 g/mol. The van der Waals surface area contributed by atoms with Crippen molar-refractivity contribution in [2.24, 2.45) is 5.73 Å². The quantitative estimate of drug-likeness (QED) is 0.650. The van der Waals surface area contributed by atoms with Crippen LogP contribution in [0, 0.1) is 0 Å². The molecule has 2 heteroatoms. The van der Waals surface area contributed by atoms with Gasteiger partial charge in [0.15, 0.2) is 0 Å². The molecule has 0 aliphatic rings. The number of aromatic hydroxyl groups is 1. The van der Waals surface area contributed by atoms with E-state index in [1.165, 1.54) is 0 Å². The standard InChI is InChI=1S/C11H13NO/c1-8(12)6-7-10-4-3-5-11(13)9(10)2/h3-7,13H,2,12H2,1H3/b8-6-,10-7-. The molecule has 1 rings (SSSR count). The van der Waals surface area contributed by atoms with Crippen LogP contribution in [0.25, 0.3) is 12.7 Å². The van der Waals surface area contributed by atoms with Gasteiger partial charge >= 0.3 is 0 Å². The predicted molar refractivity (Wildman–Crippen MR) is 55.3 cm³/mol. The van der Waals surface area contributed by atoms with Gasteiger partial charge in [-0.2, -0.15) is 0 Å². The summed E-state index contributed by atoms with van der Waals surface area (Å²) < 4.78 is 0. The molecule has 3 N–H and O–H groups in total. The maximum absolute atomic E-state index is 9.33. The van der Waals surface area contributed by atoms with Crippen molar-refractivity contribution in [1.29, 1.82) is 0 Å². The highest BCUT2D eigenvalue weighted by Gasteiger charge is 1.87. The number of phenolic OH excluding ortho intramolecular Hbond substituents is 1. The summed E-state index contributed by atoms with van der Waals surface area (Å²) in [5, 5.41) is 10.8. The highest BCUT2D eigenvalue weighted by atomic mass is 16.3. The molecule has 13 heavy (non-hydrogen) atoms. The molecule has 0 amide bonds. The highest BCUT2D eigenvalue weighted by Crippen LogP contribution is 1.93. The summed E-state index contributed by atoms with van der Waals surface area (Å²) in [6, 6.07) is 5.26. The summed E-state index contributed by atoms with van der Waals surface area (Å²) in [7, 11) is 0. The zero-order valence-corrected chi connectivity index (χ0v) is 7.62. The Hall–Kier alpha value is -1.70. The van der Waals surface area contributed by atoms with Gasteiger partial charge in [-0.1, -0.05) is 24.8 Å². The third kappa shape index (κ3) is 2.37. The van der Waals surface area contributed by atoms with Crippen LogP contribution in [-0.2, 0) is 0 Å². The predicted octanol–water partition coefficient (Wildman–Crippen LogP) is 0.445. The molecule has 0 fully saturated rings. The number of allylic oxidation sites excluding steroid dienone is 2. The summed E-state index contributed by atoms with van der Waals surface area (Å²) in [5.41, 5.74) is 6.20. The van der Waals surface area contributed by atoms with Crippen LogP contribution in [-0.4, -0.2) is 5.11 Å². The van der Waals surface area contributed by atoms with E-state index in [1.54, 1.807) is 18.2 Å². The van der Waals surface area contributed by atoms with Crippen LogP contribution in [0.15, 0.2) is 30.0 Å². The van der Waals surface area contributed by atoms with E-state index in [0.717, 1.165) is 10.9 Å². The van der Waals surface area contributed by atoms with E-state index in [2.05, 4.69) is 6.58 Å². The number of phenols is 1. The average molecular weight is 175 g/mol. The lowest BCUT2D eigenvalue weighted by Gasteiger charge is -1.92. The molecule has 2 nitrogen and oxygen atoms in total. The smallest absolute Gasteiger partial charge is 0.122 e. The molecule has 1 aromatic rings. The molecular formula is C11H13NO. The summed E-state index contributed by atoms with van der Waals surface area (Å²) in [5.74, 6) is 0.205. The largest absolute Gasteiger partial charge is 0.507 e. The van der Waals surface area contributed by atoms with Crippen LogP contribution in [0.5, 0.6) is 5.75 Å². The maximum Gasteiger partial charge on any atom is 0.122 e. The first-order chi connectivity index (χ1) is 6.11. The second-order valence-corrected chi connectivity index (χ2v) is 2.92. The van der Waals surface area contributed by atoms with Crippen molar-refractivity contribution in [1.82, 2.24) is 0 Å². The zero-order chi connectivity index (χ0) is 9.84. The summed E-state index contributed by atoms with van der Waals surface area (Å²) in [4.78, 5) is 0. The molecular weight excluding hydrogens is 162 g/mol. The molecule has 0 atom stereocenters. The first-order valence-corrected chi connectivity index (χ1v) is 4.02. The molecule has 68 valence electrons. The van der Waals surface area contributed by atoms with Crippen molar-refractivity contribution in [2.45, 2.75) is 6.92 Å². The molecule has 0 aromatic heterocycles. The molecule has 0 heterocycles. The lowest BCUT2D eigenvalue weighted by atomic mass is 10.2. The summed E-state index contributed by atoms with van der Waals surface area (Å²) in [6.45, 7) is 5.55. The van der Waals surface area contributed by atoms with Crippen molar-refractivity contribution in [3.05, 3.63) is 40.4 Å². The summed E-state index contributed by atoms with van der Waals surface area (Å²) in [6.07, 6.45) is 3.61. The third-order valence-electron chi connectivity index (χ3n) is 1.71. The van der Waals surface area contributed by atoms with Gasteiger partial charge in [-0.3, -0.25) is 0 Å². The van der Waals surface area contributed by atoms with E-state index in [4.69, 9.17) is 5.73 Å². The number of hydrogen-bond donors (Lipinski definition) is 2. The first kappa shape index (κ1) is 9.39. The van der Waals surface area contributed by atoms with Crippen LogP contribution >= 0.6 is 0 Å². The highest BCUT2D eigenvalue weighted by molar-refractivity contribution is 5.41. The van der Waals surface area contributed by atoms with E-state index in [0.29, 0.717) is 5.22 Å². The van der Waals surface area contributed by atoms with Crippen molar-refractivity contribution < 1.29 is 5.11 Å². The van der Waals surface area contributed by atoms with E-state index in [9.17, 15) is 5.11 Å². The zero-order valence-electron chi connectivity index (χ0n) is 7.62. The van der Waals surface area contributed by atoms with Gasteiger partial charge in [0.25, 0.3) is 0 Å². The molecule has 0 saturated carbocycles. The van der Waals surface area contributed by atoms with Gasteiger partial charge in [0.05, 0.1) is 0 Å². The lowest BCUT2D eigenvalue weighted by molar-refractivity contribution is 0.470. The lowest BCUT2D eigenvalue weighted by Crippen LogP contribution is -2.22. The van der Waals surface area contributed by atoms with Crippen LogP contribution < -0.4 is 16.2 Å². The number of benzene rings is 1. The van der Waals surface area contributed by atoms with Crippen LogP contribution in [0.1, 0.15) is 6.92 Å². The Kier molecular flexibility index (Phi) is 2.75. The van der Waals surface area contributed by atoms with Gasteiger partial charge in [0.1, 0.15) is 5.75 Å². The number of rotatable bonds is 1. The minimum absolute atomic E-state index is 0.205. The third-order valence-corrected chi connectivity index (χ3v) is 1.71. The number of hydrogen-bond acceptors (Lipinski definition) is 2. The molecule has 0 bridgehead atoms. The second-order valence-electron chi connectivity index (χ2n) is 2.92.